The van der Waals surface area contributed by atoms with Gasteiger partial charge >= 0.3 is 7.12 Å². The summed E-state index contributed by atoms with van der Waals surface area (Å²) in [4.78, 5) is 11.4. The summed E-state index contributed by atoms with van der Waals surface area (Å²) in [6.07, 6.45) is 0. The molecule has 1 amide bonds. The molecular weight excluding hydrogens is 229 g/mol. The van der Waals surface area contributed by atoms with Crippen LogP contribution in [-0.4, -0.2) is 28.2 Å². The zero-order valence-corrected chi connectivity index (χ0v) is 8.99. The Morgan fingerprint density at radius 1 is 1.25 bits per heavy atom. The maximum atomic E-state index is 11.4. The van der Waals surface area contributed by atoms with Crippen molar-refractivity contribution < 1.29 is 14.8 Å². The summed E-state index contributed by atoms with van der Waals surface area (Å²) < 4.78 is 0. The third kappa shape index (κ3) is 3.50. The van der Waals surface area contributed by atoms with E-state index in [0.29, 0.717) is 11.0 Å². The molecule has 1 aromatic carbocycles. The Morgan fingerprint density at radius 2 is 1.81 bits per heavy atom. The molecule has 0 fully saturated rings. The Bertz CT molecular complexity index is 396. The van der Waals surface area contributed by atoms with Gasteiger partial charge in [-0.15, -0.1) is 0 Å². The largest absolute Gasteiger partial charge is 0.488 e. The molecule has 8 heteroatoms. The Labute approximate surface area is 97.6 Å². The summed E-state index contributed by atoms with van der Waals surface area (Å²) in [5, 5.41) is 17.6. The van der Waals surface area contributed by atoms with Crippen molar-refractivity contribution in [2.45, 2.75) is 0 Å². The first-order chi connectivity index (χ1) is 7.50. The number of benzene rings is 1. The molecule has 84 valence electrons. The number of hydrogen-bond acceptors (Lipinski definition) is 4. The van der Waals surface area contributed by atoms with Gasteiger partial charge in [-0.05, 0) is 29.8 Å². The molecule has 6 nitrogen and oxygen atoms in total. The minimum absolute atomic E-state index is 0.0456. The Kier molecular flexibility index (Phi) is 4.23. The average molecular weight is 239 g/mol. The van der Waals surface area contributed by atoms with Gasteiger partial charge in [-0.2, -0.15) is 0 Å². The lowest BCUT2D eigenvalue weighted by Gasteiger charge is -2.06. The highest BCUT2D eigenvalue weighted by Gasteiger charge is 2.11. The smallest absolute Gasteiger partial charge is 0.423 e. The van der Waals surface area contributed by atoms with Crippen LogP contribution < -0.4 is 22.0 Å². The second-order valence-corrected chi connectivity index (χ2v) is 3.38. The van der Waals surface area contributed by atoms with E-state index in [1.807, 2.05) is 0 Å². The van der Waals surface area contributed by atoms with Gasteiger partial charge in [0.2, 0.25) is 0 Å². The van der Waals surface area contributed by atoms with Crippen LogP contribution in [0.3, 0.4) is 0 Å². The summed E-state index contributed by atoms with van der Waals surface area (Å²) in [6.45, 7) is 0. The van der Waals surface area contributed by atoms with Crippen LogP contribution in [0.1, 0.15) is 10.4 Å². The molecule has 0 heterocycles. The molecule has 1 aromatic rings. The highest BCUT2D eigenvalue weighted by atomic mass is 32.1. The lowest BCUT2D eigenvalue weighted by Crippen LogP contribution is -2.44. The molecule has 0 unspecified atom stereocenters. The Balaban J connectivity index is 2.66. The van der Waals surface area contributed by atoms with Crippen molar-refractivity contribution in [2.24, 2.45) is 5.73 Å². The van der Waals surface area contributed by atoms with Gasteiger partial charge in [0.05, 0.1) is 0 Å². The van der Waals surface area contributed by atoms with E-state index in [0.717, 1.165) is 0 Å². The normalized spacial score (nSPS) is 9.38. The van der Waals surface area contributed by atoms with Gasteiger partial charge in [-0.1, -0.05) is 12.1 Å². The number of carbonyl (C=O) groups is 1. The van der Waals surface area contributed by atoms with E-state index in [4.69, 9.17) is 15.8 Å². The van der Waals surface area contributed by atoms with Crippen LogP contribution >= 0.6 is 12.2 Å². The molecule has 0 saturated heterocycles. The zero-order chi connectivity index (χ0) is 12.1. The van der Waals surface area contributed by atoms with Crippen LogP contribution in [0.2, 0.25) is 0 Å². The molecule has 0 atom stereocenters. The van der Waals surface area contributed by atoms with Crippen molar-refractivity contribution in [3.63, 3.8) is 0 Å². The summed E-state index contributed by atoms with van der Waals surface area (Å²) in [5.41, 5.74) is 10.3. The fraction of sp³-hybridized carbons (Fsp3) is 0. The van der Waals surface area contributed by atoms with Crippen LogP contribution in [0, 0.1) is 0 Å². The highest BCUT2D eigenvalue weighted by Crippen LogP contribution is 1.96. The van der Waals surface area contributed by atoms with E-state index in [1.165, 1.54) is 24.3 Å². The molecule has 0 spiro atoms. The van der Waals surface area contributed by atoms with E-state index in [-0.39, 0.29) is 5.11 Å². The molecule has 0 bridgehead atoms. The fourth-order valence-electron chi connectivity index (χ4n) is 0.997. The predicted molar refractivity (Wildman–Crippen MR) is 63.7 cm³/mol. The molecule has 0 saturated carbocycles. The van der Waals surface area contributed by atoms with Crippen molar-refractivity contribution in [3.8, 4) is 0 Å². The van der Waals surface area contributed by atoms with Crippen LogP contribution in [-0.2, 0) is 0 Å². The number of hydrogen-bond donors (Lipinski definition) is 5. The highest BCUT2D eigenvalue weighted by molar-refractivity contribution is 7.80. The SMILES string of the molecule is NC(=S)NNC(=O)c1ccc(B(O)O)cc1. The summed E-state index contributed by atoms with van der Waals surface area (Å²) in [7, 11) is -1.55. The molecule has 0 aliphatic rings. The first-order valence-corrected chi connectivity index (χ1v) is 4.73. The monoisotopic (exact) mass is 239 g/mol. The maximum Gasteiger partial charge on any atom is 0.488 e. The summed E-state index contributed by atoms with van der Waals surface area (Å²) >= 11 is 4.50. The van der Waals surface area contributed by atoms with Gasteiger partial charge in [-0.25, -0.2) is 0 Å². The fourth-order valence-corrected chi connectivity index (χ4v) is 1.05. The summed E-state index contributed by atoms with van der Waals surface area (Å²) in [6, 6.07) is 5.76. The lowest BCUT2D eigenvalue weighted by molar-refractivity contribution is 0.0944. The first-order valence-electron chi connectivity index (χ1n) is 4.32. The number of rotatable bonds is 2. The minimum Gasteiger partial charge on any atom is -0.423 e. The number of thiocarbonyl (C=S) groups is 1. The van der Waals surface area contributed by atoms with E-state index in [2.05, 4.69) is 23.1 Å². The number of nitrogens with one attached hydrogen (secondary N) is 2. The van der Waals surface area contributed by atoms with E-state index < -0.39 is 13.0 Å². The number of carbonyl (C=O) groups excluding carboxylic acids is 1. The molecule has 0 radical (unpaired) electrons. The molecule has 0 aliphatic carbocycles. The van der Waals surface area contributed by atoms with Crippen LogP contribution in [0.15, 0.2) is 24.3 Å². The minimum atomic E-state index is -1.55. The first kappa shape index (κ1) is 12.4. The van der Waals surface area contributed by atoms with Gasteiger partial charge in [0.15, 0.2) is 5.11 Å². The van der Waals surface area contributed by atoms with Crippen LogP contribution in [0.5, 0.6) is 0 Å². The summed E-state index contributed by atoms with van der Waals surface area (Å²) in [5.74, 6) is -0.424. The van der Waals surface area contributed by atoms with Crippen molar-refractivity contribution in [1.29, 1.82) is 0 Å². The van der Waals surface area contributed by atoms with Gasteiger partial charge in [0.25, 0.3) is 5.91 Å². The quantitative estimate of drug-likeness (QED) is 0.229. The van der Waals surface area contributed by atoms with Crippen molar-refractivity contribution in [1.82, 2.24) is 10.9 Å². The van der Waals surface area contributed by atoms with E-state index in [9.17, 15) is 4.79 Å². The Morgan fingerprint density at radius 3 is 2.25 bits per heavy atom. The lowest BCUT2D eigenvalue weighted by atomic mass is 9.80. The van der Waals surface area contributed by atoms with Crippen molar-refractivity contribution in [2.75, 3.05) is 0 Å². The van der Waals surface area contributed by atoms with Crippen molar-refractivity contribution in [3.05, 3.63) is 29.8 Å². The third-order valence-electron chi connectivity index (χ3n) is 1.77. The standard InChI is InChI=1S/C8H10BN3O3S/c10-8(16)12-11-7(13)5-1-3-6(4-2-5)9(14)15/h1-4,14-15H,(H,11,13)(H3,10,12,16). The molecule has 1 rings (SSSR count). The van der Waals surface area contributed by atoms with E-state index in [1.54, 1.807) is 0 Å². The second kappa shape index (κ2) is 5.45. The maximum absolute atomic E-state index is 11.4. The third-order valence-corrected chi connectivity index (χ3v) is 1.87. The molecule has 16 heavy (non-hydrogen) atoms. The van der Waals surface area contributed by atoms with Crippen LogP contribution in [0.25, 0.3) is 0 Å². The average Bonchev–Trinajstić information content (AvgIpc) is 2.26. The molecule has 0 aromatic heterocycles. The molecule has 6 N–H and O–H groups in total. The predicted octanol–water partition coefficient (Wildman–Crippen LogP) is -2.16. The van der Waals surface area contributed by atoms with Gasteiger partial charge < -0.3 is 15.8 Å². The van der Waals surface area contributed by atoms with Crippen LogP contribution in [0.4, 0.5) is 0 Å². The zero-order valence-electron chi connectivity index (χ0n) is 8.18. The Hall–Kier alpha value is -1.64. The van der Waals surface area contributed by atoms with E-state index >= 15 is 0 Å². The molecule has 0 aliphatic heterocycles. The number of nitrogens with two attached hydrogens (primary N) is 1. The number of hydrazine groups is 1. The molecular formula is C8H10BN3O3S. The number of amides is 1. The van der Waals surface area contributed by atoms with Gasteiger partial charge in [-0.3, -0.25) is 15.6 Å². The van der Waals surface area contributed by atoms with Gasteiger partial charge in [0, 0.05) is 5.56 Å². The second-order valence-electron chi connectivity index (χ2n) is 2.94. The topological polar surface area (TPSA) is 108 Å². The van der Waals surface area contributed by atoms with Gasteiger partial charge in [0.1, 0.15) is 0 Å². The van der Waals surface area contributed by atoms with Crippen molar-refractivity contribution >= 4 is 35.8 Å².